The molecule has 0 aliphatic carbocycles. The van der Waals surface area contributed by atoms with Crippen LogP contribution in [0.1, 0.15) is 55.7 Å². The molecule has 2 saturated heterocycles. The van der Waals surface area contributed by atoms with Crippen LogP contribution in [0.2, 0.25) is 0 Å². The first-order chi connectivity index (χ1) is 18.0. The largest absolute Gasteiger partial charge is 0.389 e. The molecular weight excluding hydrogens is 461 g/mol. The summed E-state index contributed by atoms with van der Waals surface area (Å²) in [4.78, 5) is 7.47. The standard InChI is InChI=1S/C32H42FN3O/c1-3-7-31(29-11-6-9-25-8-4-5-10-28(25)29)36-22-20-35(21-23-36)24-30(26-12-14-27(33)15-13-26)32(37)16-18-34(2)19-17-32/h4-6,8-15,30-31,37H,3,7,16-24H2,1-2H3. The fraction of sp³-hybridized carbons (Fsp3) is 0.500. The summed E-state index contributed by atoms with van der Waals surface area (Å²) in [5, 5.41) is 14.5. The molecule has 2 aliphatic heterocycles. The van der Waals surface area contributed by atoms with Gasteiger partial charge >= 0.3 is 0 Å². The number of rotatable bonds is 8. The van der Waals surface area contributed by atoms with Crippen LogP contribution in [0.4, 0.5) is 4.39 Å². The number of piperazine rings is 1. The monoisotopic (exact) mass is 503 g/mol. The molecule has 0 aromatic heterocycles. The highest BCUT2D eigenvalue weighted by Crippen LogP contribution is 2.38. The maximum atomic E-state index is 13.7. The molecule has 0 saturated carbocycles. The van der Waals surface area contributed by atoms with E-state index < -0.39 is 5.60 Å². The Hall–Kier alpha value is -2.31. The van der Waals surface area contributed by atoms with Crippen LogP contribution in [0.25, 0.3) is 10.8 Å². The van der Waals surface area contributed by atoms with E-state index in [1.807, 2.05) is 12.1 Å². The van der Waals surface area contributed by atoms with Crippen LogP contribution >= 0.6 is 0 Å². The highest BCUT2D eigenvalue weighted by Gasteiger charge is 2.41. The van der Waals surface area contributed by atoms with Crippen molar-refractivity contribution in [2.45, 2.75) is 50.2 Å². The number of benzene rings is 3. The molecule has 2 fully saturated rings. The molecule has 0 spiro atoms. The summed E-state index contributed by atoms with van der Waals surface area (Å²) in [6, 6.07) is 22.7. The van der Waals surface area contributed by atoms with Gasteiger partial charge in [0.25, 0.3) is 0 Å². The second kappa shape index (κ2) is 11.6. The molecule has 3 aromatic rings. The fourth-order valence-corrected chi connectivity index (χ4v) is 6.50. The van der Waals surface area contributed by atoms with Crippen LogP contribution in [0.5, 0.6) is 0 Å². The van der Waals surface area contributed by atoms with Crippen molar-refractivity contribution in [2.24, 2.45) is 0 Å². The van der Waals surface area contributed by atoms with Crippen molar-refractivity contribution >= 4 is 10.8 Å². The number of piperidine rings is 1. The molecule has 4 nitrogen and oxygen atoms in total. The smallest absolute Gasteiger partial charge is 0.123 e. The van der Waals surface area contributed by atoms with E-state index in [0.717, 1.165) is 77.1 Å². The van der Waals surface area contributed by atoms with E-state index in [1.54, 1.807) is 0 Å². The van der Waals surface area contributed by atoms with E-state index >= 15 is 0 Å². The van der Waals surface area contributed by atoms with Gasteiger partial charge in [-0.15, -0.1) is 0 Å². The van der Waals surface area contributed by atoms with Gasteiger partial charge in [-0.25, -0.2) is 4.39 Å². The quantitative estimate of drug-likeness (QED) is 0.429. The van der Waals surface area contributed by atoms with Gasteiger partial charge in [0, 0.05) is 57.8 Å². The van der Waals surface area contributed by atoms with E-state index in [-0.39, 0.29) is 11.7 Å². The van der Waals surface area contributed by atoms with Crippen LogP contribution < -0.4 is 0 Å². The van der Waals surface area contributed by atoms with E-state index in [2.05, 4.69) is 71.1 Å². The number of aliphatic hydroxyl groups is 1. The molecule has 0 bridgehead atoms. The Labute approximate surface area is 221 Å². The maximum Gasteiger partial charge on any atom is 0.123 e. The number of likely N-dealkylation sites (tertiary alicyclic amines) is 1. The lowest BCUT2D eigenvalue weighted by Crippen LogP contribution is -2.53. The molecule has 2 atom stereocenters. The third-order valence-electron chi connectivity index (χ3n) is 8.81. The summed E-state index contributed by atoms with van der Waals surface area (Å²) in [5.74, 6) is -0.236. The first-order valence-corrected chi connectivity index (χ1v) is 14.1. The summed E-state index contributed by atoms with van der Waals surface area (Å²) in [7, 11) is 2.12. The molecule has 2 unspecified atom stereocenters. The van der Waals surface area contributed by atoms with Gasteiger partial charge in [-0.1, -0.05) is 67.9 Å². The number of halogens is 1. The van der Waals surface area contributed by atoms with Crippen LogP contribution in [0.15, 0.2) is 66.7 Å². The lowest BCUT2D eigenvalue weighted by atomic mass is 9.75. The lowest BCUT2D eigenvalue weighted by Gasteiger charge is -2.46. The zero-order valence-electron chi connectivity index (χ0n) is 22.5. The predicted molar refractivity (Wildman–Crippen MR) is 150 cm³/mol. The Bertz CT molecular complexity index is 1140. The Kier molecular flexibility index (Phi) is 8.25. The van der Waals surface area contributed by atoms with Gasteiger partial charge < -0.3 is 14.9 Å². The van der Waals surface area contributed by atoms with Crippen molar-refractivity contribution in [3.05, 3.63) is 83.7 Å². The van der Waals surface area contributed by atoms with Crippen molar-refractivity contribution < 1.29 is 9.50 Å². The first-order valence-electron chi connectivity index (χ1n) is 14.1. The van der Waals surface area contributed by atoms with Crippen LogP contribution in [-0.2, 0) is 0 Å². The minimum absolute atomic E-state index is 0.0159. The van der Waals surface area contributed by atoms with Gasteiger partial charge in [0.1, 0.15) is 5.82 Å². The third-order valence-corrected chi connectivity index (χ3v) is 8.81. The van der Waals surface area contributed by atoms with E-state index in [0.29, 0.717) is 6.04 Å². The summed E-state index contributed by atoms with van der Waals surface area (Å²) >= 11 is 0. The van der Waals surface area contributed by atoms with Crippen molar-refractivity contribution in [3.63, 3.8) is 0 Å². The molecule has 0 amide bonds. The molecule has 1 N–H and O–H groups in total. The molecule has 0 radical (unpaired) electrons. The van der Waals surface area contributed by atoms with Gasteiger partial charge in [0.2, 0.25) is 0 Å². The topological polar surface area (TPSA) is 30.0 Å². The van der Waals surface area contributed by atoms with Crippen LogP contribution in [0, 0.1) is 5.82 Å². The molecule has 2 heterocycles. The predicted octanol–water partition coefficient (Wildman–Crippen LogP) is 5.68. The van der Waals surface area contributed by atoms with Crippen molar-refractivity contribution in [1.29, 1.82) is 0 Å². The summed E-state index contributed by atoms with van der Waals surface area (Å²) < 4.78 is 13.7. The molecule has 3 aromatic carbocycles. The average Bonchev–Trinajstić information content (AvgIpc) is 2.93. The second-order valence-electron chi connectivity index (χ2n) is 11.2. The Morgan fingerprint density at radius 3 is 2.24 bits per heavy atom. The molecule has 2 aliphatic rings. The summed E-state index contributed by atoms with van der Waals surface area (Å²) in [5.41, 5.74) is 1.74. The van der Waals surface area contributed by atoms with Crippen molar-refractivity contribution in [2.75, 3.05) is 52.9 Å². The van der Waals surface area contributed by atoms with E-state index in [9.17, 15) is 9.50 Å². The van der Waals surface area contributed by atoms with E-state index in [1.165, 1.54) is 28.5 Å². The van der Waals surface area contributed by atoms with Gasteiger partial charge in [-0.3, -0.25) is 4.90 Å². The Balaban J connectivity index is 1.31. The normalized spacial score (nSPS) is 21.2. The van der Waals surface area contributed by atoms with E-state index in [4.69, 9.17) is 0 Å². The van der Waals surface area contributed by atoms with Gasteiger partial charge in [0.05, 0.1) is 5.60 Å². The zero-order chi connectivity index (χ0) is 25.8. The summed E-state index contributed by atoms with van der Waals surface area (Å²) in [6.45, 7) is 8.89. The number of nitrogens with zero attached hydrogens (tertiary/aromatic N) is 3. The molecule has 198 valence electrons. The number of hydrogen-bond acceptors (Lipinski definition) is 4. The van der Waals surface area contributed by atoms with Crippen LogP contribution in [0.3, 0.4) is 0 Å². The number of fused-ring (bicyclic) bond motifs is 1. The fourth-order valence-electron chi connectivity index (χ4n) is 6.50. The third kappa shape index (κ3) is 5.91. The highest BCUT2D eigenvalue weighted by molar-refractivity contribution is 5.86. The zero-order valence-corrected chi connectivity index (χ0v) is 22.5. The minimum Gasteiger partial charge on any atom is -0.389 e. The maximum absolute atomic E-state index is 13.7. The van der Waals surface area contributed by atoms with Crippen molar-refractivity contribution in [3.8, 4) is 0 Å². The van der Waals surface area contributed by atoms with Gasteiger partial charge in [0.15, 0.2) is 0 Å². The highest BCUT2D eigenvalue weighted by atomic mass is 19.1. The molecule has 5 heteroatoms. The first kappa shape index (κ1) is 26.3. The average molecular weight is 504 g/mol. The SMILES string of the molecule is CCCC(c1cccc2ccccc12)N1CCN(CC(c2ccc(F)cc2)C2(O)CCN(C)CC2)CC1. The van der Waals surface area contributed by atoms with Crippen LogP contribution in [-0.4, -0.2) is 78.3 Å². The molecule has 37 heavy (non-hydrogen) atoms. The summed E-state index contributed by atoms with van der Waals surface area (Å²) in [6.07, 6.45) is 3.82. The Morgan fingerprint density at radius 1 is 0.865 bits per heavy atom. The number of hydrogen-bond donors (Lipinski definition) is 1. The van der Waals surface area contributed by atoms with Gasteiger partial charge in [-0.2, -0.15) is 0 Å². The van der Waals surface area contributed by atoms with Gasteiger partial charge in [-0.05, 0) is 60.3 Å². The molecular formula is C32H42FN3O. The molecule has 5 rings (SSSR count). The lowest BCUT2D eigenvalue weighted by molar-refractivity contribution is -0.0495. The van der Waals surface area contributed by atoms with Crippen molar-refractivity contribution in [1.82, 2.24) is 14.7 Å². The second-order valence-corrected chi connectivity index (χ2v) is 11.2. The Morgan fingerprint density at radius 2 is 1.54 bits per heavy atom. The minimum atomic E-state index is -0.755.